The topological polar surface area (TPSA) is 104 Å². The second kappa shape index (κ2) is 11.6. The summed E-state index contributed by atoms with van der Waals surface area (Å²) in [5.41, 5.74) is 0.433. The fourth-order valence-electron chi connectivity index (χ4n) is 0.706. The van der Waals surface area contributed by atoms with Gasteiger partial charge < -0.3 is 14.2 Å². The molecule has 0 atom stereocenters. The number of methoxy groups -OCH3 is 1. The SMILES string of the molecule is C=C(C)C(=O)OC.CC(C)OC(=O)N=NC(=O)OC(C)C. The van der Waals surface area contributed by atoms with Crippen molar-refractivity contribution in [2.24, 2.45) is 10.2 Å². The summed E-state index contributed by atoms with van der Waals surface area (Å²) in [7, 11) is 1.33. The average Bonchev–Trinajstić information content (AvgIpc) is 2.34. The molecule has 0 bridgehead atoms. The molecule has 0 spiro atoms. The van der Waals surface area contributed by atoms with Crippen LogP contribution in [0.25, 0.3) is 0 Å². The van der Waals surface area contributed by atoms with Crippen LogP contribution in [0.3, 0.4) is 0 Å². The van der Waals surface area contributed by atoms with Crippen LogP contribution in [0.5, 0.6) is 0 Å². The van der Waals surface area contributed by atoms with Crippen LogP contribution in [0.1, 0.15) is 34.6 Å². The summed E-state index contributed by atoms with van der Waals surface area (Å²) >= 11 is 0. The van der Waals surface area contributed by atoms with Gasteiger partial charge in [-0.05, 0) is 34.6 Å². The molecule has 0 rings (SSSR count). The highest BCUT2D eigenvalue weighted by Gasteiger charge is 2.06. The van der Waals surface area contributed by atoms with Gasteiger partial charge in [0.05, 0.1) is 19.3 Å². The van der Waals surface area contributed by atoms with E-state index in [9.17, 15) is 14.4 Å². The standard InChI is InChI=1S/C8H14N2O4.C5H8O2/c1-5(2)13-7(11)9-10-8(12)14-6(3)4;1-4(2)5(6)7-3/h5-6H,1-4H3;1H2,2-3H3. The molecule has 0 saturated heterocycles. The molecule has 0 heterocycles. The van der Waals surface area contributed by atoms with Crippen molar-refractivity contribution in [2.75, 3.05) is 7.11 Å². The second-order valence-corrected chi connectivity index (χ2v) is 4.34. The van der Waals surface area contributed by atoms with Crippen LogP contribution in [0.4, 0.5) is 9.59 Å². The van der Waals surface area contributed by atoms with Crippen molar-refractivity contribution in [3.63, 3.8) is 0 Å². The third kappa shape index (κ3) is 15.7. The summed E-state index contributed by atoms with van der Waals surface area (Å²) in [5, 5.41) is 6.01. The molecule has 0 fully saturated rings. The van der Waals surface area contributed by atoms with Crippen molar-refractivity contribution in [3.05, 3.63) is 12.2 Å². The molecule has 0 aromatic heterocycles. The molecule has 0 aliphatic rings. The Morgan fingerprint density at radius 3 is 1.38 bits per heavy atom. The lowest BCUT2D eigenvalue weighted by molar-refractivity contribution is -0.136. The van der Waals surface area contributed by atoms with Crippen LogP contribution < -0.4 is 0 Å². The Hall–Kier alpha value is -2.25. The van der Waals surface area contributed by atoms with Gasteiger partial charge in [0.2, 0.25) is 0 Å². The Balaban J connectivity index is 0. The van der Waals surface area contributed by atoms with Gasteiger partial charge in [0, 0.05) is 5.57 Å². The molecule has 2 amide bonds. The van der Waals surface area contributed by atoms with E-state index in [4.69, 9.17) is 0 Å². The minimum absolute atomic E-state index is 0.289. The van der Waals surface area contributed by atoms with E-state index < -0.39 is 12.2 Å². The van der Waals surface area contributed by atoms with Gasteiger partial charge in [-0.25, -0.2) is 14.4 Å². The molecular weight excluding hydrogens is 280 g/mol. The van der Waals surface area contributed by atoms with Crippen molar-refractivity contribution in [1.29, 1.82) is 0 Å². The molecule has 0 aliphatic heterocycles. The average molecular weight is 302 g/mol. The van der Waals surface area contributed by atoms with E-state index in [1.807, 2.05) is 0 Å². The summed E-state index contributed by atoms with van der Waals surface area (Å²) in [6.07, 6.45) is -2.38. The van der Waals surface area contributed by atoms with Crippen LogP contribution >= 0.6 is 0 Å². The van der Waals surface area contributed by atoms with E-state index in [1.165, 1.54) is 7.11 Å². The number of rotatable bonds is 3. The monoisotopic (exact) mass is 302 g/mol. The maximum Gasteiger partial charge on any atom is 0.452 e. The number of nitrogens with zero attached hydrogens (tertiary/aromatic N) is 2. The van der Waals surface area contributed by atoms with Crippen LogP contribution in [-0.2, 0) is 19.0 Å². The van der Waals surface area contributed by atoms with Crippen LogP contribution in [0.15, 0.2) is 22.4 Å². The molecule has 0 radical (unpaired) electrons. The normalized spacial score (nSPS) is 9.90. The lowest BCUT2D eigenvalue weighted by Crippen LogP contribution is -2.09. The first kappa shape index (κ1) is 21.1. The lowest BCUT2D eigenvalue weighted by Gasteiger charge is -2.03. The van der Waals surface area contributed by atoms with Gasteiger partial charge in [-0.1, -0.05) is 16.8 Å². The summed E-state index contributed by atoms with van der Waals surface area (Å²) < 4.78 is 13.5. The summed E-state index contributed by atoms with van der Waals surface area (Å²) in [4.78, 5) is 31.7. The number of amides is 2. The van der Waals surface area contributed by atoms with Crippen molar-refractivity contribution >= 4 is 18.2 Å². The van der Waals surface area contributed by atoms with Crippen molar-refractivity contribution in [2.45, 2.75) is 46.8 Å². The second-order valence-electron chi connectivity index (χ2n) is 4.34. The molecule has 0 saturated carbocycles. The highest BCUT2D eigenvalue weighted by molar-refractivity contribution is 5.86. The highest BCUT2D eigenvalue weighted by Crippen LogP contribution is 1.96. The first-order valence-corrected chi connectivity index (χ1v) is 6.16. The highest BCUT2D eigenvalue weighted by atomic mass is 16.6. The zero-order valence-electron chi connectivity index (χ0n) is 13.2. The first-order valence-electron chi connectivity index (χ1n) is 6.16. The summed E-state index contributed by atoms with van der Waals surface area (Å²) in [6, 6.07) is 0. The molecule has 8 nitrogen and oxygen atoms in total. The molecule has 0 aromatic rings. The van der Waals surface area contributed by atoms with E-state index in [1.54, 1.807) is 34.6 Å². The Labute approximate surface area is 124 Å². The van der Waals surface area contributed by atoms with Crippen molar-refractivity contribution in [3.8, 4) is 0 Å². The van der Waals surface area contributed by atoms with Gasteiger partial charge in [-0.15, -0.1) is 0 Å². The molecule has 0 aromatic carbocycles. The number of ether oxygens (including phenoxy) is 3. The van der Waals surface area contributed by atoms with Gasteiger partial charge >= 0.3 is 18.2 Å². The van der Waals surface area contributed by atoms with Gasteiger partial charge in [0.1, 0.15) is 0 Å². The van der Waals surface area contributed by atoms with E-state index in [0.717, 1.165) is 0 Å². The number of esters is 1. The zero-order chi connectivity index (χ0) is 17.0. The Kier molecular flexibility index (Phi) is 11.6. The van der Waals surface area contributed by atoms with Crippen molar-refractivity contribution < 1.29 is 28.6 Å². The van der Waals surface area contributed by atoms with Crippen LogP contribution in [0.2, 0.25) is 0 Å². The molecule has 0 aliphatic carbocycles. The maximum atomic E-state index is 10.8. The predicted molar refractivity (Wildman–Crippen MR) is 74.9 cm³/mol. The number of carbonyl (C=O) groups excluding carboxylic acids is 3. The van der Waals surface area contributed by atoms with Crippen LogP contribution in [-0.4, -0.2) is 37.5 Å². The van der Waals surface area contributed by atoms with E-state index in [-0.39, 0.29) is 18.2 Å². The maximum absolute atomic E-state index is 10.8. The van der Waals surface area contributed by atoms with Gasteiger partial charge in [0.15, 0.2) is 0 Å². The fourth-order valence-corrected chi connectivity index (χ4v) is 0.706. The van der Waals surface area contributed by atoms with Crippen molar-refractivity contribution in [1.82, 2.24) is 0 Å². The number of hydrogen-bond acceptors (Lipinski definition) is 6. The first-order chi connectivity index (χ1) is 9.59. The number of azo groups is 1. The zero-order valence-corrected chi connectivity index (χ0v) is 13.2. The van der Waals surface area contributed by atoms with E-state index in [2.05, 4.69) is 31.0 Å². The lowest BCUT2D eigenvalue weighted by atomic mass is 10.4. The molecule has 21 heavy (non-hydrogen) atoms. The van der Waals surface area contributed by atoms with E-state index >= 15 is 0 Å². The smallest absolute Gasteiger partial charge is 0.452 e. The number of hydrogen-bond donors (Lipinski definition) is 0. The Morgan fingerprint density at radius 1 is 0.905 bits per heavy atom. The summed E-state index contributed by atoms with van der Waals surface area (Å²) in [6.45, 7) is 11.6. The Morgan fingerprint density at radius 2 is 1.24 bits per heavy atom. The molecule has 8 heteroatoms. The minimum atomic E-state index is -0.902. The largest absolute Gasteiger partial charge is 0.466 e. The number of carbonyl (C=O) groups is 3. The van der Waals surface area contributed by atoms with E-state index in [0.29, 0.717) is 5.57 Å². The summed E-state index contributed by atoms with van der Waals surface area (Å²) in [5.74, 6) is -0.347. The Bertz CT molecular complexity index is 377. The van der Waals surface area contributed by atoms with Gasteiger partial charge in [-0.2, -0.15) is 0 Å². The fraction of sp³-hybridized carbons (Fsp3) is 0.615. The predicted octanol–water partition coefficient (Wildman–Crippen LogP) is 3.26. The molecule has 0 unspecified atom stereocenters. The van der Waals surface area contributed by atoms with Gasteiger partial charge in [0.25, 0.3) is 0 Å². The molecular formula is C13H22N2O6. The third-order valence-corrected chi connectivity index (χ3v) is 1.42. The molecule has 0 N–H and O–H groups in total. The minimum Gasteiger partial charge on any atom is -0.466 e. The van der Waals surface area contributed by atoms with Gasteiger partial charge in [-0.3, -0.25) is 0 Å². The third-order valence-electron chi connectivity index (χ3n) is 1.42. The quantitative estimate of drug-likeness (QED) is 0.343. The molecule has 120 valence electrons. The van der Waals surface area contributed by atoms with Crippen LogP contribution in [0, 0.1) is 0 Å².